The van der Waals surface area contributed by atoms with E-state index in [2.05, 4.69) is 237 Å². The summed E-state index contributed by atoms with van der Waals surface area (Å²) in [7, 11) is 0. The number of rotatable bonds is 6. The zero-order chi connectivity index (χ0) is 48.3. The van der Waals surface area contributed by atoms with E-state index in [1.165, 1.54) is 26.2 Å². The molecule has 73 heavy (non-hydrogen) atoms. The average Bonchev–Trinajstić information content (AvgIpc) is 4.19. The third kappa shape index (κ3) is 6.01. The molecule has 4 heterocycles. The topological polar surface area (TPSA) is 65.6 Å². The van der Waals surface area contributed by atoms with Crippen molar-refractivity contribution < 1.29 is 0 Å². The molecule has 0 saturated carbocycles. The van der Waals surface area contributed by atoms with Gasteiger partial charge >= 0.3 is 0 Å². The highest BCUT2D eigenvalue weighted by atomic mass is 32.1. The molecule has 338 valence electrons. The van der Waals surface area contributed by atoms with Gasteiger partial charge in [-0.1, -0.05) is 121 Å². The van der Waals surface area contributed by atoms with Gasteiger partial charge in [0.05, 0.1) is 55.6 Å². The van der Waals surface area contributed by atoms with Crippen molar-refractivity contribution in [2.75, 3.05) is 4.90 Å². The summed E-state index contributed by atoms with van der Waals surface area (Å²) in [5.74, 6) is 0. The summed E-state index contributed by atoms with van der Waals surface area (Å²) in [5.41, 5.74) is 12.4. The van der Waals surface area contributed by atoms with E-state index in [0.717, 1.165) is 92.9 Å². The Balaban J connectivity index is 0.988. The third-order valence-corrected chi connectivity index (χ3v) is 16.0. The molecule has 4 aromatic heterocycles. The minimum absolute atomic E-state index is 0.459. The third-order valence-electron chi connectivity index (χ3n) is 14.8. The van der Waals surface area contributed by atoms with E-state index in [1.54, 1.807) is 11.3 Å². The van der Waals surface area contributed by atoms with Crippen molar-refractivity contribution in [2.45, 2.75) is 0 Å². The molecule has 0 unspecified atom stereocenters. The number of benzene rings is 11. The van der Waals surface area contributed by atoms with E-state index < -0.39 is 0 Å². The monoisotopic (exact) mass is 946 g/mol. The lowest BCUT2D eigenvalue weighted by atomic mass is 10.0. The Morgan fingerprint density at radius 3 is 1.55 bits per heavy atom. The van der Waals surface area contributed by atoms with E-state index in [9.17, 15) is 10.5 Å². The lowest BCUT2D eigenvalue weighted by molar-refractivity contribution is 1.12. The maximum absolute atomic E-state index is 11.4. The van der Waals surface area contributed by atoms with E-state index >= 15 is 0 Å². The molecule has 0 aliphatic carbocycles. The number of nitriles is 2. The number of hydrogen-bond acceptors (Lipinski definition) is 4. The lowest BCUT2D eigenvalue weighted by Gasteiger charge is -2.25. The molecule has 11 aromatic carbocycles. The zero-order valence-electron chi connectivity index (χ0n) is 39.0. The number of nitrogens with zero attached hydrogens (tertiary/aromatic N) is 6. The summed E-state index contributed by atoms with van der Waals surface area (Å²) >= 11 is 1.77. The minimum atomic E-state index is 0.459. The first kappa shape index (κ1) is 40.9. The molecule has 7 heteroatoms. The standard InChI is InChI=1S/C66H38N6S/c67-39-42-34-62(72-58-31-28-46(69(44-16-3-1-4-17-44)45-18-5-2-6-19-45)35-52(58)53-37-54-51-23-11-14-26-64(51)73-65(54)38-63(53)72)43(40-68)33-61(42)71-59-32-29-47(36-55(59)66-48-20-8-7-15-41(48)27-30-60(66)71)70-56-24-12-9-21-49(56)50-22-10-13-25-57(50)70/h1-38H. The van der Waals surface area contributed by atoms with Crippen molar-refractivity contribution in [1.29, 1.82) is 10.5 Å². The summed E-state index contributed by atoms with van der Waals surface area (Å²) in [6, 6.07) is 86.4. The molecule has 0 radical (unpaired) electrons. The predicted molar refractivity (Wildman–Crippen MR) is 304 cm³/mol. The summed E-state index contributed by atoms with van der Waals surface area (Å²) in [5, 5.41) is 34.1. The van der Waals surface area contributed by atoms with Crippen LogP contribution in [-0.4, -0.2) is 13.7 Å². The van der Waals surface area contributed by atoms with E-state index in [-0.39, 0.29) is 0 Å². The van der Waals surface area contributed by atoms with Crippen LogP contribution in [0.3, 0.4) is 0 Å². The molecule has 15 rings (SSSR count). The molecular formula is C66H38N6S. The lowest BCUT2D eigenvalue weighted by Crippen LogP contribution is -2.09. The van der Waals surface area contributed by atoms with Gasteiger partial charge in [0.25, 0.3) is 0 Å². The molecule has 0 amide bonds. The van der Waals surface area contributed by atoms with Gasteiger partial charge in [-0.2, -0.15) is 10.5 Å². The first-order valence-electron chi connectivity index (χ1n) is 24.4. The minimum Gasteiger partial charge on any atom is -0.310 e. The van der Waals surface area contributed by atoms with Gasteiger partial charge in [-0.25, -0.2) is 0 Å². The molecular weight excluding hydrogens is 909 g/mol. The highest BCUT2D eigenvalue weighted by Gasteiger charge is 2.25. The fraction of sp³-hybridized carbons (Fsp3) is 0. The van der Waals surface area contributed by atoms with Crippen LogP contribution in [0, 0.1) is 22.7 Å². The molecule has 0 N–H and O–H groups in total. The fourth-order valence-corrected chi connectivity index (χ4v) is 12.9. The van der Waals surface area contributed by atoms with E-state index in [4.69, 9.17) is 0 Å². The van der Waals surface area contributed by atoms with Gasteiger partial charge in [0.15, 0.2) is 0 Å². The van der Waals surface area contributed by atoms with Crippen LogP contribution < -0.4 is 4.90 Å². The summed E-state index contributed by atoms with van der Waals surface area (Å²) < 4.78 is 9.12. The highest BCUT2D eigenvalue weighted by Crippen LogP contribution is 2.46. The van der Waals surface area contributed by atoms with Crippen LogP contribution in [0.2, 0.25) is 0 Å². The number of aromatic nitrogens is 3. The average molecular weight is 947 g/mol. The van der Waals surface area contributed by atoms with Gasteiger partial charge in [-0.15, -0.1) is 11.3 Å². The van der Waals surface area contributed by atoms with Crippen LogP contribution in [0.5, 0.6) is 0 Å². The maximum Gasteiger partial charge on any atom is 0.101 e. The summed E-state index contributed by atoms with van der Waals surface area (Å²) in [4.78, 5) is 2.28. The molecule has 15 aromatic rings. The second kappa shape index (κ2) is 15.8. The quantitative estimate of drug-likeness (QED) is 0.167. The maximum atomic E-state index is 11.4. The first-order chi connectivity index (χ1) is 36.1. The van der Waals surface area contributed by atoms with Crippen LogP contribution in [0.25, 0.3) is 113 Å². The van der Waals surface area contributed by atoms with E-state index in [1.807, 2.05) is 24.3 Å². The van der Waals surface area contributed by atoms with Gasteiger partial charge in [0.1, 0.15) is 12.1 Å². The summed E-state index contributed by atoms with van der Waals surface area (Å²) in [6.07, 6.45) is 0. The number of thiophene rings is 1. The first-order valence-corrected chi connectivity index (χ1v) is 25.2. The Morgan fingerprint density at radius 2 is 0.863 bits per heavy atom. The van der Waals surface area contributed by atoms with Crippen molar-refractivity contribution in [3.63, 3.8) is 0 Å². The van der Waals surface area contributed by atoms with Crippen molar-refractivity contribution in [1.82, 2.24) is 13.7 Å². The Hall–Kier alpha value is -9.92. The van der Waals surface area contributed by atoms with Gasteiger partial charge in [-0.3, -0.25) is 0 Å². The van der Waals surface area contributed by atoms with Crippen molar-refractivity contribution in [2.24, 2.45) is 0 Å². The Morgan fingerprint density at radius 1 is 0.329 bits per heavy atom. The molecule has 0 aliphatic heterocycles. The number of anilines is 3. The number of para-hydroxylation sites is 4. The van der Waals surface area contributed by atoms with Gasteiger partial charge in [0.2, 0.25) is 0 Å². The fourth-order valence-electron chi connectivity index (χ4n) is 11.7. The molecule has 0 atom stereocenters. The number of fused-ring (bicyclic) bond motifs is 14. The van der Waals surface area contributed by atoms with E-state index in [0.29, 0.717) is 22.5 Å². The highest BCUT2D eigenvalue weighted by molar-refractivity contribution is 7.25. The Bertz CT molecular complexity index is 4790. The Kier molecular flexibility index (Phi) is 8.86. The molecule has 0 fully saturated rings. The second-order valence-corrected chi connectivity index (χ2v) is 19.8. The summed E-state index contributed by atoms with van der Waals surface area (Å²) in [6.45, 7) is 0. The largest absolute Gasteiger partial charge is 0.310 e. The van der Waals surface area contributed by atoms with Crippen LogP contribution in [0.15, 0.2) is 231 Å². The van der Waals surface area contributed by atoms with Crippen molar-refractivity contribution >= 4 is 125 Å². The molecule has 0 bridgehead atoms. The normalized spacial score (nSPS) is 11.8. The zero-order valence-corrected chi connectivity index (χ0v) is 39.8. The smallest absolute Gasteiger partial charge is 0.101 e. The van der Waals surface area contributed by atoms with Gasteiger partial charge in [-0.05, 0) is 120 Å². The van der Waals surface area contributed by atoms with Crippen LogP contribution in [0.4, 0.5) is 17.1 Å². The SMILES string of the molecule is N#Cc1cc(-n2c3ccc(-n4c5ccccc5c5ccccc54)cc3c3c4ccccc4ccc32)c(C#N)cc1-n1c2ccc(N(c3ccccc3)c3ccccc3)cc2c2cc3c(cc21)sc1ccccc13. The predicted octanol–water partition coefficient (Wildman–Crippen LogP) is 17.7. The molecule has 6 nitrogen and oxygen atoms in total. The van der Waals surface area contributed by atoms with Crippen LogP contribution in [-0.2, 0) is 0 Å². The van der Waals surface area contributed by atoms with Crippen molar-refractivity contribution in [3.05, 3.63) is 242 Å². The van der Waals surface area contributed by atoms with Gasteiger partial charge in [0, 0.05) is 75.2 Å². The Labute approximate surface area is 422 Å². The second-order valence-electron chi connectivity index (χ2n) is 18.7. The van der Waals surface area contributed by atoms with Crippen molar-refractivity contribution in [3.8, 4) is 29.2 Å². The van der Waals surface area contributed by atoms with Crippen LogP contribution in [0.1, 0.15) is 11.1 Å². The van der Waals surface area contributed by atoms with Gasteiger partial charge < -0.3 is 18.6 Å². The molecule has 0 aliphatic rings. The van der Waals surface area contributed by atoms with Crippen LogP contribution >= 0.6 is 11.3 Å². The number of hydrogen-bond donors (Lipinski definition) is 0. The molecule has 0 saturated heterocycles. The molecule has 0 spiro atoms.